The van der Waals surface area contributed by atoms with Gasteiger partial charge in [0, 0.05) is 0 Å². The lowest BCUT2D eigenvalue weighted by Crippen LogP contribution is -2.45. The summed E-state index contributed by atoms with van der Waals surface area (Å²) in [6, 6.07) is 5.19. The molecule has 0 amide bonds. The average Bonchev–Trinajstić information content (AvgIpc) is 2.36. The molecule has 1 heterocycles. The van der Waals surface area contributed by atoms with Gasteiger partial charge in [-0.1, -0.05) is 13.0 Å². The number of hydrogen-bond donors (Lipinski definition) is 1. The van der Waals surface area contributed by atoms with Crippen LogP contribution in [0.15, 0.2) is 18.2 Å². The lowest BCUT2D eigenvalue weighted by atomic mass is 10.0. The maximum atomic E-state index is 11.2. The van der Waals surface area contributed by atoms with Gasteiger partial charge in [0.2, 0.25) is 0 Å². The van der Waals surface area contributed by atoms with E-state index in [1.54, 1.807) is 25.1 Å². The standard InChI is InChI=1S/C14H18O6S/c1-9(14(15)16)5-10-3-4-12(19-2)13(6-10)20-11-7-21(17,18)8-11/h3-4,6,9,11H,5,7-8H2,1-2H3,(H,15,16). The fourth-order valence-electron chi connectivity index (χ4n) is 2.15. The first-order valence-corrected chi connectivity index (χ1v) is 8.39. The molecule has 2 rings (SSSR count). The Labute approximate surface area is 123 Å². The summed E-state index contributed by atoms with van der Waals surface area (Å²) < 4.78 is 33.1. The van der Waals surface area contributed by atoms with Crippen molar-refractivity contribution < 1.29 is 27.8 Å². The summed E-state index contributed by atoms with van der Waals surface area (Å²) in [7, 11) is -1.45. The van der Waals surface area contributed by atoms with Crippen LogP contribution in [0.5, 0.6) is 11.5 Å². The van der Waals surface area contributed by atoms with Gasteiger partial charge in [0.05, 0.1) is 24.5 Å². The van der Waals surface area contributed by atoms with Crippen LogP contribution in [0.2, 0.25) is 0 Å². The Morgan fingerprint density at radius 2 is 2.05 bits per heavy atom. The van der Waals surface area contributed by atoms with Gasteiger partial charge in [0.15, 0.2) is 21.3 Å². The average molecular weight is 314 g/mol. The van der Waals surface area contributed by atoms with Gasteiger partial charge in [0.25, 0.3) is 0 Å². The minimum absolute atomic E-state index is 0.00586. The zero-order valence-corrected chi connectivity index (χ0v) is 12.7. The Morgan fingerprint density at radius 3 is 2.57 bits per heavy atom. The molecule has 1 aromatic rings. The molecule has 1 aliphatic rings. The normalized spacial score (nSPS) is 18.6. The topological polar surface area (TPSA) is 89.9 Å². The molecular formula is C14H18O6S. The number of benzene rings is 1. The minimum Gasteiger partial charge on any atom is -0.493 e. The molecule has 0 aromatic heterocycles. The van der Waals surface area contributed by atoms with E-state index >= 15 is 0 Å². The zero-order valence-electron chi connectivity index (χ0n) is 11.9. The summed E-state index contributed by atoms with van der Waals surface area (Å²) in [6.07, 6.45) is 0.00889. The Balaban J connectivity index is 2.12. The van der Waals surface area contributed by atoms with Crippen LogP contribution in [-0.4, -0.2) is 44.2 Å². The Morgan fingerprint density at radius 1 is 1.38 bits per heavy atom. The molecule has 0 saturated carbocycles. The number of carbonyl (C=O) groups is 1. The molecule has 0 spiro atoms. The molecule has 1 atom stereocenters. The summed E-state index contributed by atoms with van der Waals surface area (Å²) in [4.78, 5) is 10.9. The number of ether oxygens (including phenoxy) is 2. The van der Waals surface area contributed by atoms with E-state index in [0.717, 1.165) is 5.56 Å². The van der Waals surface area contributed by atoms with E-state index in [1.807, 2.05) is 0 Å². The summed E-state index contributed by atoms with van der Waals surface area (Å²) in [5, 5.41) is 8.94. The number of hydrogen-bond acceptors (Lipinski definition) is 5. The highest BCUT2D eigenvalue weighted by Gasteiger charge is 2.35. The SMILES string of the molecule is COc1ccc(CC(C)C(=O)O)cc1OC1CS(=O)(=O)C1. The van der Waals surface area contributed by atoms with E-state index in [4.69, 9.17) is 14.6 Å². The molecular weight excluding hydrogens is 296 g/mol. The summed E-state index contributed by atoms with van der Waals surface area (Å²) in [5.74, 6) is -0.398. The first-order valence-electron chi connectivity index (χ1n) is 6.57. The third-order valence-corrected chi connectivity index (χ3v) is 5.12. The molecule has 1 aliphatic heterocycles. The van der Waals surface area contributed by atoms with Crippen molar-refractivity contribution >= 4 is 15.8 Å². The molecule has 116 valence electrons. The highest BCUT2D eigenvalue weighted by molar-refractivity contribution is 7.92. The highest BCUT2D eigenvalue weighted by Crippen LogP contribution is 2.31. The van der Waals surface area contributed by atoms with Crippen molar-refractivity contribution in [2.75, 3.05) is 18.6 Å². The molecule has 0 radical (unpaired) electrons. The molecule has 1 saturated heterocycles. The molecule has 1 fully saturated rings. The number of sulfone groups is 1. The second-order valence-electron chi connectivity index (χ2n) is 5.25. The van der Waals surface area contributed by atoms with Crippen LogP contribution < -0.4 is 9.47 Å². The van der Waals surface area contributed by atoms with E-state index in [1.165, 1.54) is 7.11 Å². The molecule has 21 heavy (non-hydrogen) atoms. The van der Waals surface area contributed by atoms with Gasteiger partial charge in [-0.2, -0.15) is 0 Å². The van der Waals surface area contributed by atoms with Gasteiger partial charge in [-0.05, 0) is 24.1 Å². The maximum absolute atomic E-state index is 11.2. The van der Waals surface area contributed by atoms with Crippen LogP contribution in [-0.2, 0) is 21.1 Å². The van der Waals surface area contributed by atoms with Crippen LogP contribution in [0, 0.1) is 5.92 Å². The smallest absolute Gasteiger partial charge is 0.306 e. The molecule has 0 aliphatic carbocycles. The largest absolute Gasteiger partial charge is 0.493 e. The molecule has 7 heteroatoms. The first-order chi connectivity index (χ1) is 9.80. The third kappa shape index (κ3) is 3.87. The summed E-state index contributed by atoms with van der Waals surface area (Å²) >= 11 is 0. The maximum Gasteiger partial charge on any atom is 0.306 e. The monoisotopic (exact) mass is 314 g/mol. The number of rotatable bonds is 6. The van der Waals surface area contributed by atoms with Crippen molar-refractivity contribution in [3.8, 4) is 11.5 Å². The Bertz CT molecular complexity index is 625. The van der Waals surface area contributed by atoms with Gasteiger partial charge in [0.1, 0.15) is 6.10 Å². The minimum atomic E-state index is -2.95. The number of aliphatic carboxylic acids is 1. The third-order valence-electron chi connectivity index (χ3n) is 3.36. The van der Waals surface area contributed by atoms with Crippen molar-refractivity contribution in [2.24, 2.45) is 5.92 Å². The molecule has 1 unspecified atom stereocenters. The fraction of sp³-hybridized carbons (Fsp3) is 0.500. The van der Waals surface area contributed by atoms with Crippen molar-refractivity contribution in [1.82, 2.24) is 0 Å². The second-order valence-corrected chi connectivity index (χ2v) is 7.40. The Kier molecular flexibility index (Phi) is 4.41. The molecule has 6 nitrogen and oxygen atoms in total. The van der Waals surface area contributed by atoms with Crippen molar-refractivity contribution in [3.05, 3.63) is 23.8 Å². The van der Waals surface area contributed by atoms with E-state index in [0.29, 0.717) is 17.9 Å². The van der Waals surface area contributed by atoms with Crippen molar-refractivity contribution in [3.63, 3.8) is 0 Å². The second kappa shape index (κ2) is 5.93. The van der Waals surface area contributed by atoms with Gasteiger partial charge < -0.3 is 14.6 Å². The van der Waals surface area contributed by atoms with E-state index in [9.17, 15) is 13.2 Å². The van der Waals surface area contributed by atoms with Gasteiger partial charge in [-0.25, -0.2) is 8.42 Å². The fourth-order valence-corrected chi connectivity index (χ4v) is 3.32. The van der Waals surface area contributed by atoms with Crippen LogP contribution in [0.3, 0.4) is 0 Å². The van der Waals surface area contributed by atoms with Gasteiger partial charge in [-0.15, -0.1) is 0 Å². The molecule has 1 aromatic carbocycles. The molecule has 1 N–H and O–H groups in total. The summed E-state index contributed by atoms with van der Waals surface area (Å²) in [5.41, 5.74) is 0.808. The van der Waals surface area contributed by atoms with Crippen molar-refractivity contribution in [1.29, 1.82) is 0 Å². The first kappa shape index (κ1) is 15.6. The summed E-state index contributed by atoms with van der Waals surface area (Å²) in [6.45, 7) is 1.63. The van der Waals surface area contributed by atoms with Crippen LogP contribution in [0.4, 0.5) is 0 Å². The van der Waals surface area contributed by atoms with E-state index in [2.05, 4.69) is 0 Å². The van der Waals surface area contributed by atoms with Crippen LogP contribution >= 0.6 is 0 Å². The quantitative estimate of drug-likeness (QED) is 0.846. The number of methoxy groups -OCH3 is 1. The van der Waals surface area contributed by atoms with Gasteiger partial charge >= 0.3 is 5.97 Å². The number of carboxylic acids is 1. The van der Waals surface area contributed by atoms with Crippen LogP contribution in [0.1, 0.15) is 12.5 Å². The Hall–Kier alpha value is -1.76. The molecule has 0 bridgehead atoms. The van der Waals surface area contributed by atoms with Gasteiger partial charge in [-0.3, -0.25) is 4.79 Å². The number of carboxylic acid groups (broad SMARTS) is 1. The van der Waals surface area contributed by atoms with E-state index < -0.39 is 21.7 Å². The highest BCUT2D eigenvalue weighted by atomic mass is 32.2. The predicted molar refractivity (Wildman–Crippen MR) is 76.6 cm³/mol. The van der Waals surface area contributed by atoms with Crippen molar-refractivity contribution in [2.45, 2.75) is 19.4 Å². The predicted octanol–water partition coefficient (Wildman–Crippen LogP) is 1.13. The zero-order chi connectivity index (χ0) is 15.6. The van der Waals surface area contributed by atoms with E-state index in [-0.39, 0.29) is 17.6 Å². The lowest BCUT2D eigenvalue weighted by Gasteiger charge is -2.27. The lowest BCUT2D eigenvalue weighted by molar-refractivity contribution is -0.141. The van der Waals surface area contributed by atoms with Crippen LogP contribution in [0.25, 0.3) is 0 Å².